The minimum atomic E-state index is 0.512. The van der Waals surface area contributed by atoms with E-state index in [1.54, 1.807) is 0 Å². The minimum Gasteiger partial charge on any atom is -0.310 e. The fourth-order valence-corrected chi connectivity index (χ4v) is 2.25. The van der Waals surface area contributed by atoms with Gasteiger partial charge in [-0.2, -0.15) is 0 Å². The maximum atomic E-state index is 10.1. The van der Waals surface area contributed by atoms with Gasteiger partial charge in [-0.1, -0.05) is 77.6 Å². The highest BCUT2D eigenvalue weighted by Crippen LogP contribution is 2.11. The minimum absolute atomic E-state index is 0.512. The van der Waals surface area contributed by atoms with Gasteiger partial charge in [-0.05, 0) is 13.0 Å². The fourth-order valence-electron chi connectivity index (χ4n) is 2.25. The zero-order valence-corrected chi connectivity index (χ0v) is 12.4. The van der Waals surface area contributed by atoms with Crippen LogP contribution in [0.5, 0.6) is 0 Å². The van der Waals surface area contributed by atoms with E-state index in [4.69, 9.17) is 0 Å². The van der Waals surface area contributed by atoms with Gasteiger partial charge in [-0.25, -0.2) is 0 Å². The topological polar surface area (TPSA) is 29.1 Å². The van der Waals surface area contributed by atoms with Crippen LogP contribution in [-0.4, -0.2) is 19.4 Å². The summed E-state index contributed by atoms with van der Waals surface area (Å²) in [5.74, 6) is 0. The number of unbranched alkanes of at least 4 members (excludes halogenated alkanes) is 11. The molecule has 2 nitrogen and oxygen atoms in total. The van der Waals surface area contributed by atoms with E-state index in [2.05, 4.69) is 12.2 Å². The van der Waals surface area contributed by atoms with Gasteiger partial charge in [0.15, 0.2) is 0 Å². The molecule has 1 N–H and O–H groups in total. The number of hydrogen-bond donors (Lipinski definition) is 1. The lowest BCUT2D eigenvalue weighted by molar-refractivity contribution is -0.107. The van der Waals surface area contributed by atoms with Gasteiger partial charge in [0.1, 0.15) is 6.29 Å². The molecule has 0 heterocycles. The van der Waals surface area contributed by atoms with Crippen LogP contribution in [0.4, 0.5) is 0 Å². The summed E-state index contributed by atoms with van der Waals surface area (Å²) in [6, 6.07) is 0. The summed E-state index contributed by atoms with van der Waals surface area (Å²) in [6.07, 6.45) is 17.6. The predicted molar refractivity (Wildman–Crippen MR) is 80.0 cm³/mol. The lowest BCUT2D eigenvalue weighted by atomic mass is 10.1. The van der Waals surface area contributed by atoms with Crippen molar-refractivity contribution >= 4 is 6.29 Å². The Bertz CT molecular complexity index is 159. The van der Waals surface area contributed by atoms with E-state index in [0.29, 0.717) is 6.54 Å². The first kappa shape index (κ1) is 17.6. The number of nitrogens with one attached hydrogen (secondary N) is 1. The molecule has 0 aliphatic heterocycles. The van der Waals surface area contributed by atoms with Crippen molar-refractivity contribution in [2.24, 2.45) is 0 Å². The lowest BCUT2D eigenvalue weighted by Gasteiger charge is -2.03. The van der Waals surface area contributed by atoms with E-state index >= 15 is 0 Å². The quantitative estimate of drug-likeness (QED) is 0.345. The average Bonchev–Trinajstić information content (AvgIpc) is 2.39. The van der Waals surface area contributed by atoms with Crippen molar-refractivity contribution in [1.29, 1.82) is 0 Å². The average molecular weight is 255 g/mol. The third-order valence-electron chi connectivity index (χ3n) is 3.43. The first-order chi connectivity index (χ1) is 8.91. The van der Waals surface area contributed by atoms with Gasteiger partial charge in [-0.15, -0.1) is 0 Å². The number of carbonyl (C=O) groups excluding carboxylic acids is 1. The highest BCUT2D eigenvalue weighted by atomic mass is 16.1. The van der Waals surface area contributed by atoms with Crippen LogP contribution < -0.4 is 5.32 Å². The summed E-state index contributed by atoms with van der Waals surface area (Å²) in [5.41, 5.74) is 0. The van der Waals surface area contributed by atoms with Crippen LogP contribution >= 0.6 is 0 Å². The molecule has 0 saturated carbocycles. The van der Waals surface area contributed by atoms with E-state index < -0.39 is 0 Å². The molecule has 0 aromatic heterocycles. The summed E-state index contributed by atoms with van der Waals surface area (Å²) in [4.78, 5) is 10.1. The summed E-state index contributed by atoms with van der Waals surface area (Å²) in [7, 11) is 0. The summed E-state index contributed by atoms with van der Waals surface area (Å²) < 4.78 is 0. The van der Waals surface area contributed by atoms with Crippen LogP contribution in [0.3, 0.4) is 0 Å². The first-order valence-corrected chi connectivity index (χ1v) is 8.06. The van der Waals surface area contributed by atoms with Gasteiger partial charge < -0.3 is 10.1 Å². The van der Waals surface area contributed by atoms with E-state index in [1.165, 1.54) is 77.0 Å². The molecule has 0 saturated heterocycles. The number of rotatable bonds is 15. The van der Waals surface area contributed by atoms with Crippen molar-refractivity contribution < 1.29 is 4.79 Å². The van der Waals surface area contributed by atoms with Gasteiger partial charge in [0, 0.05) is 0 Å². The second-order valence-corrected chi connectivity index (χ2v) is 5.26. The van der Waals surface area contributed by atoms with Crippen molar-refractivity contribution in [3.63, 3.8) is 0 Å². The molecule has 0 bridgehead atoms. The van der Waals surface area contributed by atoms with Crippen molar-refractivity contribution in [2.75, 3.05) is 13.1 Å². The number of aldehydes is 1. The molecule has 0 radical (unpaired) electrons. The molecular weight excluding hydrogens is 222 g/mol. The lowest BCUT2D eigenvalue weighted by Crippen LogP contribution is -2.17. The molecule has 0 rings (SSSR count). The largest absolute Gasteiger partial charge is 0.310 e. The first-order valence-electron chi connectivity index (χ1n) is 8.06. The summed E-state index contributed by atoms with van der Waals surface area (Å²) in [6.45, 7) is 3.78. The Morgan fingerprint density at radius 1 is 0.722 bits per heavy atom. The summed E-state index contributed by atoms with van der Waals surface area (Å²) >= 11 is 0. The van der Waals surface area contributed by atoms with Crippen LogP contribution in [0.25, 0.3) is 0 Å². The Morgan fingerprint density at radius 3 is 1.61 bits per heavy atom. The van der Waals surface area contributed by atoms with E-state index in [9.17, 15) is 4.79 Å². The Hall–Kier alpha value is -0.370. The van der Waals surface area contributed by atoms with Crippen molar-refractivity contribution in [3.05, 3.63) is 0 Å². The molecule has 0 aliphatic rings. The highest BCUT2D eigenvalue weighted by molar-refractivity contribution is 5.51. The molecule has 2 heteroatoms. The second-order valence-electron chi connectivity index (χ2n) is 5.26. The smallest absolute Gasteiger partial charge is 0.133 e. The van der Waals surface area contributed by atoms with Crippen molar-refractivity contribution in [1.82, 2.24) is 5.32 Å². The zero-order chi connectivity index (χ0) is 13.3. The van der Waals surface area contributed by atoms with Gasteiger partial charge >= 0.3 is 0 Å². The molecule has 108 valence electrons. The van der Waals surface area contributed by atoms with Crippen LogP contribution in [0.15, 0.2) is 0 Å². The molecule has 0 aromatic rings. The monoisotopic (exact) mass is 255 g/mol. The second kappa shape index (κ2) is 16.6. The molecule has 0 fully saturated rings. The number of hydrogen-bond acceptors (Lipinski definition) is 2. The van der Waals surface area contributed by atoms with Gasteiger partial charge in [0.2, 0.25) is 0 Å². The maximum Gasteiger partial charge on any atom is 0.133 e. The third kappa shape index (κ3) is 15.6. The molecule has 0 amide bonds. The van der Waals surface area contributed by atoms with Crippen LogP contribution in [0.1, 0.15) is 84.0 Å². The van der Waals surface area contributed by atoms with Gasteiger partial charge in [0.05, 0.1) is 6.54 Å². The van der Waals surface area contributed by atoms with E-state index in [-0.39, 0.29) is 0 Å². The Labute approximate surface area is 114 Å². The Kier molecular flexibility index (Phi) is 16.3. The Morgan fingerprint density at radius 2 is 1.17 bits per heavy atom. The van der Waals surface area contributed by atoms with Gasteiger partial charge in [-0.3, -0.25) is 0 Å². The van der Waals surface area contributed by atoms with Crippen molar-refractivity contribution in [3.8, 4) is 0 Å². The number of carbonyl (C=O) groups is 1. The van der Waals surface area contributed by atoms with Crippen LogP contribution in [0, 0.1) is 0 Å². The SMILES string of the molecule is CCCCCCCCCCCCCCNCC=O. The molecular formula is C16H33NO. The Balaban J connectivity index is 2.88. The molecule has 0 atom stereocenters. The van der Waals surface area contributed by atoms with Crippen LogP contribution in [-0.2, 0) is 4.79 Å². The summed E-state index contributed by atoms with van der Waals surface area (Å²) in [5, 5.41) is 3.10. The highest BCUT2D eigenvalue weighted by Gasteiger charge is 1.93. The predicted octanol–water partition coefficient (Wildman–Crippen LogP) is 4.48. The maximum absolute atomic E-state index is 10.1. The fraction of sp³-hybridized carbons (Fsp3) is 0.938. The molecule has 0 aromatic carbocycles. The molecule has 0 aliphatic carbocycles. The standard InChI is InChI=1S/C16H33NO/c1-2-3-4-5-6-7-8-9-10-11-12-13-14-17-15-16-18/h16-17H,2-15H2,1H3. The molecule has 18 heavy (non-hydrogen) atoms. The molecule has 0 spiro atoms. The van der Waals surface area contributed by atoms with E-state index in [0.717, 1.165) is 12.8 Å². The third-order valence-corrected chi connectivity index (χ3v) is 3.43. The van der Waals surface area contributed by atoms with Gasteiger partial charge in [0.25, 0.3) is 0 Å². The van der Waals surface area contributed by atoms with Crippen molar-refractivity contribution in [2.45, 2.75) is 84.0 Å². The normalized spacial score (nSPS) is 10.7. The van der Waals surface area contributed by atoms with Crippen LogP contribution in [0.2, 0.25) is 0 Å². The zero-order valence-electron chi connectivity index (χ0n) is 12.4. The molecule has 0 unspecified atom stereocenters. The van der Waals surface area contributed by atoms with E-state index in [1.807, 2.05) is 0 Å².